The average molecular weight is 466 g/mol. The maximum Gasteiger partial charge on any atom is 0.258 e. The lowest BCUT2D eigenvalue weighted by atomic mass is 10.0. The highest BCUT2D eigenvalue weighted by Gasteiger charge is 2.19. The van der Waals surface area contributed by atoms with Crippen molar-refractivity contribution >= 4 is 33.3 Å². The van der Waals surface area contributed by atoms with Crippen LogP contribution in [0.1, 0.15) is 15.2 Å². The van der Waals surface area contributed by atoms with Gasteiger partial charge in [0.1, 0.15) is 0 Å². The van der Waals surface area contributed by atoms with E-state index < -0.39 is 0 Å². The number of para-hydroxylation sites is 1. The van der Waals surface area contributed by atoms with Gasteiger partial charge in [-0.15, -0.1) is 11.3 Å². The summed E-state index contributed by atoms with van der Waals surface area (Å²) in [6.45, 7) is 2.21. The van der Waals surface area contributed by atoms with E-state index in [-0.39, 0.29) is 12.7 Å². The fraction of sp³-hybridized carbons (Fsp3) is 0.0741. The summed E-state index contributed by atoms with van der Waals surface area (Å²) in [7, 11) is 0. The van der Waals surface area contributed by atoms with E-state index >= 15 is 0 Å². The normalized spacial score (nSPS) is 12.1. The molecule has 34 heavy (non-hydrogen) atoms. The highest BCUT2D eigenvalue weighted by molar-refractivity contribution is 7.16. The SMILES string of the molecule is Cc1sc(NC(=O)c2cc(-c3ccc4c(c3)OCO4)nc3ccccc23)nc1-c1ccccc1. The summed E-state index contributed by atoms with van der Waals surface area (Å²) < 4.78 is 10.9. The fourth-order valence-corrected chi connectivity index (χ4v) is 4.88. The zero-order valence-electron chi connectivity index (χ0n) is 18.2. The Kier molecular flexibility index (Phi) is 4.96. The largest absolute Gasteiger partial charge is 0.454 e. The standard InChI is InChI=1S/C27H19N3O3S/c1-16-25(17-7-3-2-4-8-17)29-27(34-16)30-26(31)20-14-22(28-21-10-6-5-9-19(20)21)18-11-12-23-24(13-18)33-15-32-23/h2-14H,15H2,1H3,(H,29,30,31). The molecule has 0 atom stereocenters. The third kappa shape index (κ3) is 3.66. The summed E-state index contributed by atoms with van der Waals surface area (Å²) in [6.07, 6.45) is 0. The van der Waals surface area contributed by atoms with Crippen molar-refractivity contribution in [2.75, 3.05) is 12.1 Å². The van der Waals surface area contributed by atoms with Crippen molar-refractivity contribution in [1.82, 2.24) is 9.97 Å². The van der Waals surface area contributed by atoms with Crippen LogP contribution in [0.4, 0.5) is 5.13 Å². The number of aryl methyl sites for hydroxylation is 1. The third-order valence-electron chi connectivity index (χ3n) is 5.69. The van der Waals surface area contributed by atoms with Crippen molar-refractivity contribution in [1.29, 1.82) is 0 Å². The molecule has 0 spiro atoms. The molecule has 1 amide bonds. The molecule has 1 N–H and O–H groups in total. The van der Waals surface area contributed by atoms with Crippen LogP contribution >= 0.6 is 11.3 Å². The van der Waals surface area contributed by atoms with Gasteiger partial charge in [-0.2, -0.15) is 0 Å². The Morgan fingerprint density at radius 1 is 0.882 bits per heavy atom. The molecule has 0 saturated carbocycles. The van der Waals surface area contributed by atoms with Crippen molar-refractivity contribution in [3.8, 4) is 34.0 Å². The van der Waals surface area contributed by atoms with Crippen LogP contribution in [0.3, 0.4) is 0 Å². The number of fused-ring (bicyclic) bond motifs is 2. The van der Waals surface area contributed by atoms with Crippen molar-refractivity contribution in [3.05, 3.63) is 89.3 Å². The van der Waals surface area contributed by atoms with Crippen molar-refractivity contribution in [2.24, 2.45) is 0 Å². The second-order valence-corrected chi connectivity index (χ2v) is 9.09. The van der Waals surface area contributed by atoms with Crippen LogP contribution in [0.5, 0.6) is 11.5 Å². The molecule has 0 bridgehead atoms. The van der Waals surface area contributed by atoms with Crippen LogP contribution in [0.15, 0.2) is 78.9 Å². The van der Waals surface area contributed by atoms with E-state index in [0.717, 1.165) is 32.6 Å². The van der Waals surface area contributed by atoms with E-state index in [1.165, 1.54) is 11.3 Å². The lowest BCUT2D eigenvalue weighted by molar-refractivity contribution is 0.102. The molecule has 0 saturated heterocycles. The van der Waals surface area contributed by atoms with Crippen LogP contribution in [0, 0.1) is 6.92 Å². The van der Waals surface area contributed by atoms with Gasteiger partial charge in [-0.3, -0.25) is 10.1 Å². The maximum absolute atomic E-state index is 13.4. The molecule has 0 fully saturated rings. The van der Waals surface area contributed by atoms with Gasteiger partial charge in [0.15, 0.2) is 16.6 Å². The average Bonchev–Trinajstić information content (AvgIpc) is 3.49. The number of carbonyl (C=O) groups excluding carboxylic acids is 1. The summed E-state index contributed by atoms with van der Waals surface area (Å²) in [4.78, 5) is 24.0. The lowest BCUT2D eigenvalue weighted by Gasteiger charge is -2.10. The molecule has 3 aromatic carbocycles. The molecular weight excluding hydrogens is 446 g/mol. The first-order valence-electron chi connectivity index (χ1n) is 10.8. The van der Waals surface area contributed by atoms with E-state index in [9.17, 15) is 4.79 Å². The molecule has 0 unspecified atom stereocenters. The first-order valence-corrected chi connectivity index (χ1v) is 11.6. The zero-order valence-corrected chi connectivity index (χ0v) is 19.1. The molecule has 0 aliphatic carbocycles. The summed E-state index contributed by atoms with van der Waals surface area (Å²) in [5.74, 6) is 1.15. The molecule has 2 aromatic heterocycles. The predicted octanol–water partition coefficient (Wildman–Crippen LogP) is 6.31. The maximum atomic E-state index is 13.4. The molecule has 0 radical (unpaired) electrons. The molecule has 7 heteroatoms. The van der Waals surface area contributed by atoms with E-state index in [4.69, 9.17) is 14.5 Å². The van der Waals surface area contributed by atoms with E-state index in [1.54, 1.807) is 0 Å². The Bertz CT molecular complexity index is 1550. The second-order valence-electron chi connectivity index (χ2n) is 7.88. The van der Waals surface area contributed by atoms with Gasteiger partial charge in [-0.25, -0.2) is 9.97 Å². The minimum absolute atomic E-state index is 0.204. The van der Waals surface area contributed by atoms with E-state index in [1.807, 2.05) is 85.8 Å². The number of nitrogens with zero attached hydrogens (tertiary/aromatic N) is 2. The van der Waals surface area contributed by atoms with Gasteiger partial charge in [0.25, 0.3) is 5.91 Å². The third-order valence-corrected chi connectivity index (χ3v) is 6.58. The number of aromatic nitrogens is 2. The minimum atomic E-state index is -0.228. The van der Waals surface area contributed by atoms with Gasteiger partial charge < -0.3 is 9.47 Å². The number of rotatable bonds is 4. The Morgan fingerprint density at radius 2 is 1.68 bits per heavy atom. The highest BCUT2D eigenvalue weighted by Crippen LogP contribution is 2.36. The predicted molar refractivity (Wildman–Crippen MR) is 134 cm³/mol. The topological polar surface area (TPSA) is 73.3 Å². The second kappa shape index (κ2) is 8.28. The summed E-state index contributed by atoms with van der Waals surface area (Å²) >= 11 is 1.46. The van der Waals surface area contributed by atoms with Gasteiger partial charge in [0.2, 0.25) is 6.79 Å². The lowest BCUT2D eigenvalue weighted by Crippen LogP contribution is -2.13. The molecule has 166 valence electrons. The Morgan fingerprint density at radius 3 is 2.56 bits per heavy atom. The number of anilines is 1. The molecule has 1 aliphatic rings. The van der Waals surface area contributed by atoms with E-state index in [0.29, 0.717) is 27.9 Å². The smallest absolute Gasteiger partial charge is 0.258 e. The Labute approximate surface area is 199 Å². The zero-order chi connectivity index (χ0) is 23.1. The van der Waals surface area contributed by atoms with Crippen molar-refractivity contribution in [3.63, 3.8) is 0 Å². The number of thiazole rings is 1. The Balaban J connectivity index is 1.38. The monoisotopic (exact) mass is 465 g/mol. The first-order chi connectivity index (χ1) is 16.7. The molecular formula is C27H19N3O3S. The molecule has 6 nitrogen and oxygen atoms in total. The minimum Gasteiger partial charge on any atom is -0.454 e. The molecule has 1 aliphatic heterocycles. The van der Waals surface area contributed by atoms with Gasteiger partial charge in [-0.05, 0) is 37.3 Å². The quantitative estimate of drug-likeness (QED) is 0.336. The number of hydrogen-bond donors (Lipinski definition) is 1. The van der Waals surface area contributed by atoms with Crippen molar-refractivity contribution in [2.45, 2.75) is 6.92 Å². The highest BCUT2D eigenvalue weighted by atomic mass is 32.1. The number of benzene rings is 3. The number of carbonyl (C=O) groups is 1. The number of ether oxygens (including phenoxy) is 2. The van der Waals surface area contributed by atoms with Gasteiger partial charge in [-0.1, -0.05) is 48.5 Å². The first kappa shape index (κ1) is 20.4. The summed E-state index contributed by atoms with van der Waals surface area (Å²) in [5, 5.41) is 4.34. The van der Waals surface area contributed by atoms with Crippen LogP contribution < -0.4 is 14.8 Å². The summed E-state index contributed by atoms with van der Waals surface area (Å²) in [6, 6.07) is 25.1. The van der Waals surface area contributed by atoms with E-state index in [2.05, 4.69) is 10.3 Å². The number of pyridine rings is 1. The molecule has 6 rings (SSSR count). The number of hydrogen-bond acceptors (Lipinski definition) is 6. The fourth-order valence-electron chi connectivity index (χ4n) is 4.05. The van der Waals surface area contributed by atoms with Gasteiger partial charge in [0.05, 0.1) is 22.5 Å². The van der Waals surface area contributed by atoms with Gasteiger partial charge >= 0.3 is 0 Å². The molecule has 3 heterocycles. The number of nitrogens with one attached hydrogen (secondary N) is 1. The summed E-state index contributed by atoms with van der Waals surface area (Å²) in [5.41, 5.74) is 4.70. The number of amides is 1. The van der Waals surface area contributed by atoms with Gasteiger partial charge in [0, 0.05) is 21.4 Å². The Hall–Kier alpha value is -4.23. The van der Waals surface area contributed by atoms with Crippen LogP contribution in [-0.2, 0) is 0 Å². The van der Waals surface area contributed by atoms with Crippen molar-refractivity contribution < 1.29 is 14.3 Å². The molecule has 5 aromatic rings. The van der Waals surface area contributed by atoms with Crippen LogP contribution in [-0.4, -0.2) is 22.7 Å². The van der Waals surface area contributed by atoms with Crippen LogP contribution in [0.25, 0.3) is 33.4 Å². The van der Waals surface area contributed by atoms with Crippen LogP contribution in [0.2, 0.25) is 0 Å².